The SMILES string of the molecule is C#CCO[C@H]1C[C@H](n2cc(C(F)(F)F)c(=O)[nH]c2=O)O[C@@H]1COC(=O)N(CC)CCCCCCCCCCCCCCCC. The minimum absolute atomic E-state index is 0.0380. The number of nitrogens with zero attached hydrogens (tertiary/aromatic N) is 2. The zero-order valence-corrected chi connectivity index (χ0v) is 26.3. The van der Waals surface area contributed by atoms with Crippen molar-refractivity contribution in [1.82, 2.24) is 14.5 Å². The molecule has 2 rings (SSSR count). The molecule has 0 aliphatic carbocycles. The van der Waals surface area contributed by atoms with Crippen LogP contribution >= 0.6 is 0 Å². The minimum Gasteiger partial charge on any atom is -0.447 e. The van der Waals surface area contributed by atoms with Crippen LogP contribution in [0.4, 0.5) is 18.0 Å². The molecule has 0 radical (unpaired) electrons. The molecule has 1 aliphatic rings. The van der Waals surface area contributed by atoms with Gasteiger partial charge in [0.2, 0.25) is 0 Å². The number of terminal acetylenes is 1. The van der Waals surface area contributed by atoms with Crippen LogP contribution in [0.2, 0.25) is 0 Å². The molecular formula is C32H50F3N3O6. The van der Waals surface area contributed by atoms with E-state index in [0.29, 0.717) is 23.9 Å². The van der Waals surface area contributed by atoms with Gasteiger partial charge in [0.25, 0.3) is 5.56 Å². The Balaban J connectivity index is 1.75. The van der Waals surface area contributed by atoms with E-state index < -0.39 is 47.5 Å². The van der Waals surface area contributed by atoms with Gasteiger partial charge >= 0.3 is 18.0 Å². The molecule has 0 bridgehead atoms. The molecule has 0 saturated carbocycles. The number of rotatable bonds is 21. The summed E-state index contributed by atoms with van der Waals surface area (Å²) in [4.78, 5) is 40.0. The van der Waals surface area contributed by atoms with Crippen LogP contribution in [-0.2, 0) is 20.4 Å². The molecule has 44 heavy (non-hydrogen) atoms. The summed E-state index contributed by atoms with van der Waals surface area (Å²) in [6.45, 7) is 4.74. The van der Waals surface area contributed by atoms with Crippen molar-refractivity contribution in [3.8, 4) is 12.3 Å². The number of amides is 1. The normalized spacial score (nSPS) is 18.3. The highest BCUT2D eigenvalue weighted by Crippen LogP contribution is 2.32. The highest BCUT2D eigenvalue weighted by molar-refractivity contribution is 5.67. The molecule has 0 spiro atoms. The number of aromatic amines is 1. The Morgan fingerprint density at radius 3 is 2.11 bits per heavy atom. The fraction of sp³-hybridized carbons (Fsp3) is 0.781. The van der Waals surface area contributed by atoms with Crippen LogP contribution < -0.4 is 11.2 Å². The molecule has 0 unspecified atom stereocenters. The van der Waals surface area contributed by atoms with Gasteiger partial charge in [-0.3, -0.25) is 14.3 Å². The van der Waals surface area contributed by atoms with E-state index in [1.54, 1.807) is 9.88 Å². The van der Waals surface area contributed by atoms with Crippen molar-refractivity contribution >= 4 is 6.09 Å². The second-order valence-electron chi connectivity index (χ2n) is 11.4. The van der Waals surface area contributed by atoms with Crippen molar-refractivity contribution in [2.45, 2.75) is 135 Å². The first-order chi connectivity index (χ1) is 21.1. The van der Waals surface area contributed by atoms with Crippen LogP contribution in [0, 0.1) is 12.3 Å². The first kappa shape index (κ1) is 37.4. The van der Waals surface area contributed by atoms with Gasteiger partial charge in [0.05, 0.1) is 6.10 Å². The van der Waals surface area contributed by atoms with Crippen LogP contribution in [0.1, 0.15) is 122 Å². The average molecular weight is 630 g/mol. The molecule has 12 heteroatoms. The summed E-state index contributed by atoms with van der Waals surface area (Å²) in [5.41, 5.74) is -4.13. The summed E-state index contributed by atoms with van der Waals surface area (Å²) in [6.07, 6.45) is 14.7. The number of unbranched alkanes of at least 4 members (excludes halogenated alkanes) is 13. The molecule has 1 N–H and O–H groups in total. The summed E-state index contributed by atoms with van der Waals surface area (Å²) >= 11 is 0. The first-order valence-electron chi connectivity index (χ1n) is 16.2. The largest absolute Gasteiger partial charge is 0.447 e. The van der Waals surface area contributed by atoms with Crippen molar-refractivity contribution < 1.29 is 32.2 Å². The maximum atomic E-state index is 13.3. The molecule has 3 atom stereocenters. The third-order valence-electron chi connectivity index (χ3n) is 7.94. The van der Waals surface area contributed by atoms with Gasteiger partial charge in [-0.25, -0.2) is 9.59 Å². The van der Waals surface area contributed by atoms with Crippen LogP contribution in [-0.4, -0.2) is 59.1 Å². The van der Waals surface area contributed by atoms with Crippen LogP contribution in [0.5, 0.6) is 0 Å². The smallest absolute Gasteiger partial charge is 0.423 e. The molecule has 1 aliphatic heterocycles. The molecule has 250 valence electrons. The molecule has 0 aromatic carbocycles. The molecule has 2 heterocycles. The quantitative estimate of drug-likeness (QED) is 0.119. The van der Waals surface area contributed by atoms with Gasteiger partial charge in [-0.2, -0.15) is 13.2 Å². The van der Waals surface area contributed by atoms with Gasteiger partial charge in [-0.05, 0) is 13.3 Å². The molecule has 1 aromatic heterocycles. The average Bonchev–Trinajstić information content (AvgIpc) is 3.38. The van der Waals surface area contributed by atoms with E-state index in [1.807, 2.05) is 6.92 Å². The van der Waals surface area contributed by atoms with Gasteiger partial charge < -0.3 is 19.1 Å². The number of alkyl halides is 3. The van der Waals surface area contributed by atoms with Crippen molar-refractivity contribution in [3.05, 3.63) is 32.6 Å². The topological polar surface area (TPSA) is 103 Å². The molecule has 9 nitrogen and oxygen atoms in total. The fourth-order valence-corrected chi connectivity index (χ4v) is 5.37. The van der Waals surface area contributed by atoms with Gasteiger partial charge in [-0.1, -0.05) is 96.3 Å². The predicted molar refractivity (Wildman–Crippen MR) is 162 cm³/mol. The Kier molecular flexibility index (Phi) is 17.2. The second-order valence-corrected chi connectivity index (χ2v) is 11.4. The van der Waals surface area contributed by atoms with Gasteiger partial charge in [-0.15, -0.1) is 6.42 Å². The lowest BCUT2D eigenvalue weighted by atomic mass is 10.0. The number of ether oxygens (including phenoxy) is 3. The maximum absolute atomic E-state index is 13.3. The van der Waals surface area contributed by atoms with E-state index in [-0.39, 0.29) is 19.6 Å². The van der Waals surface area contributed by atoms with Crippen LogP contribution in [0.3, 0.4) is 0 Å². The Bertz CT molecular complexity index is 1130. The van der Waals surface area contributed by atoms with Gasteiger partial charge in [0.1, 0.15) is 31.1 Å². The van der Waals surface area contributed by atoms with Gasteiger partial charge in [0, 0.05) is 25.7 Å². The fourth-order valence-electron chi connectivity index (χ4n) is 5.37. The molecule has 1 aromatic rings. The van der Waals surface area contributed by atoms with E-state index in [0.717, 1.165) is 19.3 Å². The van der Waals surface area contributed by atoms with E-state index in [4.69, 9.17) is 20.6 Å². The Labute approximate surface area is 258 Å². The number of H-pyrrole nitrogens is 1. The number of halogens is 3. The second kappa shape index (κ2) is 20.3. The number of nitrogens with one attached hydrogen (secondary N) is 1. The van der Waals surface area contributed by atoms with E-state index in [2.05, 4.69) is 12.8 Å². The van der Waals surface area contributed by atoms with Crippen molar-refractivity contribution in [1.29, 1.82) is 0 Å². The summed E-state index contributed by atoms with van der Waals surface area (Å²) in [5.74, 6) is 2.31. The van der Waals surface area contributed by atoms with Crippen molar-refractivity contribution in [2.24, 2.45) is 0 Å². The van der Waals surface area contributed by atoms with Crippen LogP contribution in [0.25, 0.3) is 0 Å². The van der Waals surface area contributed by atoms with E-state index in [1.165, 1.54) is 70.6 Å². The third-order valence-corrected chi connectivity index (χ3v) is 7.94. The zero-order chi connectivity index (χ0) is 32.4. The number of hydrogen-bond acceptors (Lipinski definition) is 6. The highest BCUT2D eigenvalue weighted by atomic mass is 19.4. The number of hydrogen-bond donors (Lipinski definition) is 1. The first-order valence-corrected chi connectivity index (χ1v) is 16.2. The van der Waals surface area contributed by atoms with Crippen molar-refractivity contribution in [3.63, 3.8) is 0 Å². The molecule has 1 fully saturated rings. The molecule has 1 saturated heterocycles. The maximum Gasteiger partial charge on any atom is 0.423 e. The summed E-state index contributed by atoms with van der Waals surface area (Å²) in [6, 6.07) is 0. The Hall–Kier alpha value is -2.78. The number of aromatic nitrogens is 2. The minimum atomic E-state index is -4.97. The lowest BCUT2D eigenvalue weighted by Gasteiger charge is -2.23. The monoisotopic (exact) mass is 629 g/mol. The predicted octanol–water partition coefficient (Wildman–Crippen LogP) is 6.80. The lowest BCUT2D eigenvalue weighted by molar-refractivity contribution is -0.139. The standard InChI is InChI=1S/C32H50F3N3O6/c1-4-7-8-9-10-11-12-13-14-15-16-17-18-19-20-37(6-3)31(41)43-24-27-26(42-21-5-2)22-28(44-27)38-23-25(32(33,34)35)29(39)36-30(38)40/h2,23,26-28H,4,6-22,24H2,1,3H3,(H,36,39,40)/t26-,27+,28+/m0/s1. The number of carbonyl (C=O) groups excluding carboxylic acids is 1. The third kappa shape index (κ3) is 13.1. The van der Waals surface area contributed by atoms with E-state index >= 15 is 0 Å². The Morgan fingerprint density at radius 2 is 1.59 bits per heavy atom. The summed E-state index contributed by atoms with van der Waals surface area (Å²) in [5, 5.41) is 0. The summed E-state index contributed by atoms with van der Waals surface area (Å²) < 4.78 is 57.3. The molecule has 1 amide bonds. The summed E-state index contributed by atoms with van der Waals surface area (Å²) in [7, 11) is 0. The number of carbonyl (C=O) groups is 1. The Morgan fingerprint density at radius 1 is 1.02 bits per heavy atom. The van der Waals surface area contributed by atoms with Crippen molar-refractivity contribution in [2.75, 3.05) is 26.3 Å². The van der Waals surface area contributed by atoms with E-state index in [9.17, 15) is 27.6 Å². The van der Waals surface area contributed by atoms with Gasteiger partial charge in [0.15, 0.2) is 0 Å². The van der Waals surface area contributed by atoms with Crippen LogP contribution in [0.15, 0.2) is 15.8 Å². The zero-order valence-electron chi connectivity index (χ0n) is 26.3. The lowest BCUT2D eigenvalue weighted by Crippen LogP contribution is -2.37. The molecular weight excluding hydrogens is 579 g/mol. The highest BCUT2D eigenvalue weighted by Gasteiger charge is 2.40.